The van der Waals surface area contributed by atoms with Crippen LogP contribution in [0.1, 0.15) is 26.7 Å². The Kier molecular flexibility index (Phi) is 6.15. The Morgan fingerprint density at radius 2 is 1.62 bits per heavy atom. The van der Waals surface area contributed by atoms with E-state index in [0.717, 1.165) is 4.31 Å². The van der Waals surface area contributed by atoms with Crippen LogP contribution >= 0.6 is 0 Å². The van der Waals surface area contributed by atoms with E-state index in [0.29, 0.717) is 0 Å². The lowest BCUT2D eigenvalue weighted by Crippen LogP contribution is -2.44. The molecule has 0 saturated heterocycles. The number of carbonyl (C=O) groups is 1. The van der Waals surface area contributed by atoms with E-state index >= 15 is 0 Å². The molecule has 2 N–H and O–H groups in total. The molecule has 24 heavy (non-hydrogen) atoms. The molecular weight excluding hydrogens is 356 g/mol. The van der Waals surface area contributed by atoms with Gasteiger partial charge in [-0.05, 0) is 32.4 Å². The van der Waals surface area contributed by atoms with Gasteiger partial charge in [-0.2, -0.15) is 0 Å². The van der Waals surface area contributed by atoms with Crippen LogP contribution in [0.2, 0.25) is 0 Å². The predicted molar refractivity (Wildman–Crippen MR) is 88.6 cm³/mol. The van der Waals surface area contributed by atoms with Crippen LogP contribution < -0.4 is 4.72 Å². The average molecular weight is 378 g/mol. The average Bonchev–Trinajstić information content (AvgIpc) is 2.44. The Morgan fingerprint density at radius 3 is 2.08 bits per heavy atom. The van der Waals surface area contributed by atoms with Gasteiger partial charge in [0.15, 0.2) is 0 Å². The van der Waals surface area contributed by atoms with E-state index in [-0.39, 0.29) is 22.6 Å². The van der Waals surface area contributed by atoms with E-state index in [2.05, 4.69) is 4.72 Å². The van der Waals surface area contributed by atoms with Gasteiger partial charge < -0.3 is 5.11 Å². The third-order valence-electron chi connectivity index (χ3n) is 3.27. The molecule has 10 heteroatoms. The van der Waals surface area contributed by atoms with Crippen molar-refractivity contribution in [2.24, 2.45) is 0 Å². The van der Waals surface area contributed by atoms with Gasteiger partial charge in [0.2, 0.25) is 20.0 Å². The minimum absolute atomic E-state index is 0.0597. The highest BCUT2D eigenvalue weighted by atomic mass is 32.2. The van der Waals surface area contributed by atoms with Gasteiger partial charge in [0.25, 0.3) is 0 Å². The van der Waals surface area contributed by atoms with Gasteiger partial charge >= 0.3 is 5.97 Å². The molecule has 0 saturated carbocycles. The minimum Gasteiger partial charge on any atom is -0.481 e. The van der Waals surface area contributed by atoms with Gasteiger partial charge in [-0.3, -0.25) is 4.79 Å². The highest BCUT2D eigenvalue weighted by molar-refractivity contribution is 7.92. The van der Waals surface area contributed by atoms with Gasteiger partial charge in [0, 0.05) is 26.1 Å². The quantitative estimate of drug-likeness (QED) is 0.692. The molecule has 0 aliphatic carbocycles. The molecule has 0 aliphatic rings. The van der Waals surface area contributed by atoms with Gasteiger partial charge in [0.05, 0.1) is 0 Å². The zero-order chi connectivity index (χ0) is 18.8. The van der Waals surface area contributed by atoms with Gasteiger partial charge in [-0.15, -0.1) is 0 Å². The first-order valence-electron chi connectivity index (χ1n) is 7.07. The second-order valence-corrected chi connectivity index (χ2v) is 9.89. The normalized spacial score (nSPS) is 13.2. The van der Waals surface area contributed by atoms with Crippen molar-refractivity contribution in [3.05, 3.63) is 24.3 Å². The first-order valence-corrected chi connectivity index (χ1v) is 9.99. The standard InChI is InChI=1S/C14H22N2O6S2/c1-14(2,10-9-13(17)18)15-23(19,20)11-7-5-6-8-12(11)24(21,22)16(3)4/h5-8,15H,9-10H2,1-4H3,(H,17,18). The zero-order valence-corrected chi connectivity index (χ0v) is 15.6. The fraction of sp³-hybridized carbons (Fsp3) is 0.500. The molecule has 0 aromatic heterocycles. The second-order valence-electron chi connectivity index (χ2n) is 6.12. The highest BCUT2D eigenvalue weighted by Gasteiger charge is 2.32. The summed E-state index contributed by atoms with van der Waals surface area (Å²) >= 11 is 0. The summed E-state index contributed by atoms with van der Waals surface area (Å²) < 4.78 is 53.3. The molecule has 0 fully saturated rings. The number of benzene rings is 1. The summed E-state index contributed by atoms with van der Waals surface area (Å²) in [5.74, 6) is -1.04. The fourth-order valence-electron chi connectivity index (χ4n) is 1.97. The Labute approximate surface area is 142 Å². The van der Waals surface area contributed by atoms with Crippen molar-refractivity contribution in [2.75, 3.05) is 14.1 Å². The second kappa shape index (κ2) is 7.18. The Hall–Kier alpha value is -1.49. The summed E-state index contributed by atoms with van der Waals surface area (Å²) in [5.41, 5.74) is -1.05. The first kappa shape index (κ1) is 20.6. The molecule has 0 heterocycles. The molecule has 1 aromatic carbocycles. The Bertz CT molecular complexity index is 813. The van der Waals surface area contributed by atoms with Crippen LogP contribution in [-0.2, 0) is 24.8 Å². The molecule has 0 spiro atoms. The van der Waals surface area contributed by atoms with Crippen LogP contribution in [0.5, 0.6) is 0 Å². The number of aliphatic carboxylic acids is 1. The summed E-state index contributed by atoms with van der Waals surface area (Å²) in [7, 11) is -5.50. The molecule has 1 aromatic rings. The third-order valence-corrected chi connectivity index (χ3v) is 7.03. The van der Waals surface area contributed by atoms with Crippen molar-refractivity contribution in [3.63, 3.8) is 0 Å². The zero-order valence-electron chi connectivity index (χ0n) is 14.0. The summed E-state index contributed by atoms with van der Waals surface area (Å²) in [6.07, 6.45) is -0.155. The van der Waals surface area contributed by atoms with Gasteiger partial charge in [-0.25, -0.2) is 25.9 Å². The van der Waals surface area contributed by atoms with E-state index in [4.69, 9.17) is 5.11 Å². The largest absolute Gasteiger partial charge is 0.481 e. The summed E-state index contributed by atoms with van der Waals surface area (Å²) in [6.45, 7) is 3.08. The summed E-state index contributed by atoms with van der Waals surface area (Å²) in [5, 5.41) is 8.74. The number of hydrogen-bond donors (Lipinski definition) is 2. The Morgan fingerprint density at radius 1 is 1.12 bits per heavy atom. The van der Waals surface area contributed by atoms with E-state index in [9.17, 15) is 21.6 Å². The predicted octanol–water partition coefficient (Wildman–Crippen LogP) is 0.859. The number of sulfonamides is 2. The first-order chi connectivity index (χ1) is 10.8. The lowest BCUT2D eigenvalue weighted by Gasteiger charge is -2.26. The topological polar surface area (TPSA) is 121 Å². The lowest BCUT2D eigenvalue weighted by atomic mass is 10.0. The van der Waals surface area contributed by atoms with Crippen molar-refractivity contribution >= 4 is 26.0 Å². The van der Waals surface area contributed by atoms with Crippen molar-refractivity contribution < 1.29 is 26.7 Å². The maximum absolute atomic E-state index is 12.6. The number of hydrogen-bond acceptors (Lipinski definition) is 5. The highest BCUT2D eigenvalue weighted by Crippen LogP contribution is 2.25. The molecule has 0 aliphatic heterocycles. The fourth-order valence-corrected chi connectivity index (χ4v) is 5.11. The van der Waals surface area contributed by atoms with Crippen molar-refractivity contribution in [3.8, 4) is 0 Å². The lowest BCUT2D eigenvalue weighted by molar-refractivity contribution is -0.137. The molecule has 136 valence electrons. The van der Waals surface area contributed by atoms with Crippen LogP contribution in [0, 0.1) is 0 Å². The van der Waals surface area contributed by atoms with Crippen molar-refractivity contribution in [1.29, 1.82) is 0 Å². The van der Waals surface area contributed by atoms with Crippen LogP contribution in [0.25, 0.3) is 0 Å². The van der Waals surface area contributed by atoms with E-state index in [1.165, 1.54) is 52.2 Å². The van der Waals surface area contributed by atoms with Crippen molar-refractivity contribution in [2.45, 2.75) is 42.0 Å². The van der Waals surface area contributed by atoms with E-state index in [1.807, 2.05) is 0 Å². The van der Waals surface area contributed by atoms with Crippen LogP contribution in [-0.4, -0.2) is 51.9 Å². The molecule has 0 amide bonds. The number of nitrogens with one attached hydrogen (secondary N) is 1. The molecule has 0 bridgehead atoms. The Balaban J connectivity index is 3.29. The van der Waals surface area contributed by atoms with Gasteiger partial charge in [-0.1, -0.05) is 12.1 Å². The summed E-state index contributed by atoms with van der Waals surface area (Å²) in [6, 6.07) is 5.28. The van der Waals surface area contributed by atoms with E-state index < -0.39 is 31.6 Å². The SMILES string of the molecule is CN(C)S(=O)(=O)c1ccccc1S(=O)(=O)NC(C)(C)CCC(=O)O. The molecule has 0 unspecified atom stereocenters. The van der Waals surface area contributed by atoms with Crippen molar-refractivity contribution in [1.82, 2.24) is 9.03 Å². The summed E-state index contributed by atoms with van der Waals surface area (Å²) in [4.78, 5) is 9.97. The number of nitrogens with zero attached hydrogens (tertiary/aromatic N) is 1. The monoisotopic (exact) mass is 378 g/mol. The molecule has 8 nitrogen and oxygen atoms in total. The number of carboxylic acids is 1. The maximum Gasteiger partial charge on any atom is 0.303 e. The maximum atomic E-state index is 12.6. The smallest absolute Gasteiger partial charge is 0.303 e. The number of carboxylic acid groups (broad SMARTS) is 1. The van der Waals surface area contributed by atoms with Crippen LogP contribution in [0.15, 0.2) is 34.1 Å². The van der Waals surface area contributed by atoms with Crippen LogP contribution in [0.3, 0.4) is 0 Å². The molecule has 1 rings (SSSR count). The minimum atomic E-state index is -4.16. The molecule has 0 radical (unpaired) electrons. The molecule has 0 atom stereocenters. The number of rotatable bonds is 8. The molecular formula is C14H22N2O6S2. The van der Waals surface area contributed by atoms with Crippen LogP contribution in [0.4, 0.5) is 0 Å². The van der Waals surface area contributed by atoms with Gasteiger partial charge in [0.1, 0.15) is 9.79 Å². The van der Waals surface area contributed by atoms with E-state index in [1.54, 1.807) is 0 Å². The third kappa shape index (κ3) is 5.00.